The second kappa shape index (κ2) is 4.59. The first kappa shape index (κ1) is 12.6. The van der Waals surface area contributed by atoms with Crippen molar-refractivity contribution in [1.82, 2.24) is 9.55 Å². The highest BCUT2D eigenvalue weighted by Crippen LogP contribution is 2.38. The van der Waals surface area contributed by atoms with E-state index in [1.807, 2.05) is 0 Å². The molecule has 19 heavy (non-hydrogen) atoms. The zero-order chi connectivity index (χ0) is 13.6. The Labute approximate surface area is 109 Å². The van der Waals surface area contributed by atoms with Crippen LogP contribution in [0.5, 0.6) is 0 Å². The number of rotatable bonds is 3. The Hall–Kier alpha value is -1.44. The largest absolute Gasteiger partial charge is 0.390 e. The topological polar surface area (TPSA) is 110 Å². The predicted octanol–water partition coefficient (Wildman–Crippen LogP) is -0.979. The number of hydrogen-bond acceptors (Lipinski definition) is 5. The van der Waals surface area contributed by atoms with Crippen LogP contribution in [0.1, 0.15) is 37.0 Å². The number of aromatic amines is 1. The van der Waals surface area contributed by atoms with Crippen LogP contribution in [0.15, 0.2) is 15.8 Å². The van der Waals surface area contributed by atoms with Crippen molar-refractivity contribution < 1.29 is 9.84 Å². The van der Waals surface area contributed by atoms with E-state index in [1.165, 1.54) is 4.57 Å². The first-order valence-electron chi connectivity index (χ1n) is 6.49. The van der Waals surface area contributed by atoms with Gasteiger partial charge in [0.05, 0.1) is 12.2 Å². The fourth-order valence-corrected chi connectivity index (χ4v) is 2.50. The van der Waals surface area contributed by atoms with Gasteiger partial charge in [-0.3, -0.25) is 14.3 Å². The summed E-state index contributed by atoms with van der Waals surface area (Å²) in [6.07, 6.45) is 2.10. The summed E-state index contributed by atoms with van der Waals surface area (Å²) in [5.41, 5.74) is 5.27. The van der Waals surface area contributed by atoms with Gasteiger partial charge in [-0.1, -0.05) is 0 Å². The van der Waals surface area contributed by atoms with E-state index < -0.39 is 24.1 Å². The lowest BCUT2D eigenvalue weighted by atomic mass is 10.2. The molecule has 0 bridgehead atoms. The van der Waals surface area contributed by atoms with Crippen LogP contribution in [0.4, 0.5) is 0 Å². The molecule has 1 saturated carbocycles. The summed E-state index contributed by atoms with van der Waals surface area (Å²) in [6.45, 7) is 0.200. The van der Waals surface area contributed by atoms with E-state index in [9.17, 15) is 14.7 Å². The maximum absolute atomic E-state index is 11.8. The lowest BCUT2D eigenvalue weighted by molar-refractivity contribution is -0.0152. The van der Waals surface area contributed by atoms with Crippen molar-refractivity contribution in [1.29, 1.82) is 0 Å². The first-order chi connectivity index (χ1) is 9.10. The van der Waals surface area contributed by atoms with Crippen LogP contribution >= 0.6 is 0 Å². The highest BCUT2D eigenvalue weighted by atomic mass is 16.5. The van der Waals surface area contributed by atoms with Gasteiger partial charge in [-0.2, -0.15) is 0 Å². The summed E-state index contributed by atoms with van der Waals surface area (Å²) in [7, 11) is 0. The van der Waals surface area contributed by atoms with Crippen molar-refractivity contribution in [3.63, 3.8) is 0 Å². The molecule has 3 rings (SSSR count). The molecule has 0 radical (unpaired) electrons. The summed E-state index contributed by atoms with van der Waals surface area (Å²) in [5, 5.41) is 9.76. The molecular weight excluding hydrogens is 250 g/mol. The molecule has 2 fully saturated rings. The summed E-state index contributed by atoms with van der Waals surface area (Å²) < 4.78 is 6.91. The van der Waals surface area contributed by atoms with E-state index in [4.69, 9.17) is 10.5 Å². The molecule has 3 atom stereocenters. The number of aromatic nitrogens is 2. The Morgan fingerprint density at radius 3 is 2.79 bits per heavy atom. The lowest BCUT2D eigenvalue weighted by Crippen LogP contribution is -2.34. The summed E-state index contributed by atoms with van der Waals surface area (Å²) in [6, 6.07) is 0. The summed E-state index contributed by atoms with van der Waals surface area (Å²) >= 11 is 0. The van der Waals surface area contributed by atoms with Crippen molar-refractivity contribution in [2.75, 3.05) is 6.54 Å². The van der Waals surface area contributed by atoms with Gasteiger partial charge < -0.3 is 15.6 Å². The van der Waals surface area contributed by atoms with E-state index in [0.29, 0.717) is 12.0 Å². The molecule has 7 nitrogen and oxygen atoms in total. The molecule has 4 N–H and O–H groups in total. The minimum absolute atomic E-state index is 0.200. The van der Waals surface area contributed by atoms with Gasteiger partial charge in [-0.25, -0.2) is 4.79 Å². The van der Waals surface area contributed by atoms with E-state index in [2.05, 4.69) is 4.98 Å². The fraction of sp³-hybridized carbons (Fsp3) is 0.667. The van der Waals surface area contributed by atoms with Crippen LogP contribution in [0.2, 0.25) is 0 Å². The minimum Gasteiger partial charge on any atom is -0.390 e. The molecule has 0 amide bonds. The van der Waals surface area contributed by atoms with Crippen LogP contribution < -0.4 is 17.0 Å². The second-order valence-electron chi connectivity index (χ2n) is 5.19. The molecule has 1 aliphatic heterocycles. The first-order valence-corrected chi connectivity index (χ1v) is 6.49. The molecule has 1 aromatic rings. The van der Waals surface area contributed by atoms with Gasteiger partial charge in [0, 0.05) is 24.7 Å². The van der Waals surface area contributed by atoms with Crippen molar-refractivity contribution in [2.24, 2.45) is 5.73 Å². The van der Waals surface area contributed by atoms with Crippen LogP contribution in [0.3, 0.4) is 0 Å². The van der Waals surface area contributed by atoms with E-state index >= 15 is 0 Å². The van der Waals surface area contributed by atoms with Gasteiger partial charge in [-0.05, 0) is 18.8 Å². The average Bonchev–Trinajstić information content (AvgIpc) is 3.13. The van der Waals surface area contributed by atoms with Crippen LogP contribution in [-0.4, -0.2) is 33.4 Å². The van der Waals surface area contributed by atoms with E-state index in [0.717, 1.165) is 12.8 Å². The zero-order valence-electron chi connectivity index (χ0n) is 10.4. The Morgan fingerprint density at radius 1 is 1.47 bits per heavy atom. The average molecular weight is 267 g/mol. The fourth-order valence-electron chi connectivity index (χ4n) is 2.50. The van der Waals surface area contributed by atoms with E-state index in [1.54, 1.807) is 6.20 Å². The Morgan fingerprint density at radius 2 is 2.21 bits per heavy atom. The van der Waals surface area contributed by atoms with Crippen molar-refractivity contribution in [3.05, 3.63) is 32.6 Å². The van der Waals surface area contributed by atoms with Gasteiger partial charge >= 0.3 is 5.69 Å². The molecule has 0 spiro atoms. The van der Waals surface area contributed by atoms with Gasteiger partial charge in [0.25, 0.3) is 5.56 Å². The third kappa shape index (κ3) is 2.24. The number of aliphatic hydroxyl groups is 1. The highest BCUT2D eigenvalue weighted by molar-refractivity contribution is 5.17. The minimum atomic E-state index is -0.682. The monoisotopic (exact) mass is 267 g/mol. The van der Waals surface area contributed by atoms with Crippen molar-refractivity contribution in [3.8, 4) is 0 Å². The van der Waals surface area contributed by atoms with Gasteiger partial charge in [-0.15, -0.1) is 0 Å². The van der Waals surface area contributed by atoms with Crippen LogP contribution in [0.25, 0.3) is 0 Å². The summed E-state index contributed by atoms with van der Waals surface area (Å²) in [5.74, 6) is 0.243. The van der Waals surface area contributed by atoms with Crippen LogP contribution in [-0.2, 0) is 4.74 Å². The molecule has 1 aromatic heterocycles. The molecule has 2 aliphatic rings. The molecular formula is C12H17N3O4. The predicted molar refractivity (Wildman–Crippen MR) is 66.9 cm³/mol. The molecule has 0 unspecified atom stereocenters. The summed E-state index contributed by atoms with van der Waals surface area (Å²) in [4.78, 5) is 25.8. The number of nitrogens with zero attached hydrogens (tertiary/aromatic N) is 1. The quantitative estimate of drug-likeness (QED) is 0.652. The lowest BCUT2D eigenvalue weighted by Gasteiger charge is -2.15. The number of H-pyrrole nitrogens is 1. The molecule has 104 valence electrons. The third-order valence-electron chi connectivity index (χ3n) is 3.76. The number of ether oxygens (including phenoxy) is 1. The van der Waals surface area contributed by atoms with Gasteiger partial charge in [0.2, 0.25) is 0 Å². The molecule has 1 saturated heterocycles. The molecule has 0 aromatic carbocycles. The maximum atomic E-state index is 11.8. The number of nitrogens with two attached hydrogens (primary N) is 1. The molecule has 2 heterocycles. The number of hydrogen-bond donors (Lipinski definition) is 3. The Bertz CT molecular complexity index is 589. The SMILES string of the molecule is NC[C@H]1O[C@@H](n2cc(C3CC3)c(=O)[nH]c2=O)C[C@@H]1O. The number of nitrogens with one attached hydrogen (secondary N) is 1. The highest BCUT2D eigenvalue weighted by Gasteiger charge is 2.35. The Kier molecular flexibility index (Phi) is 3.04. The zero-order valence-corrected chi connectivity index (χ0v) is 10.4. The van der Waals surface area contributed by atoms with Gasteiger partial charge in [0.15, 0.2) is 0 Å². The maximum Gasteiger partial charge on any atom is 0.330 e. The van der Waals surface area contributed by atoms with Crippen molar-refractivity contribution in [2.45, 2.75) is 43.6 Å². The Balaban J connectivity index is 1.95. The molecule has 1 aliphatic carbocycles. The second-order valence-corrected chi connectivity index (χ2v) is 5.19. The smallest absolute Gasteiger partial charge is 0.330 e. The standard InChI is InChI=1S/C12H17N3O4/c13-4-9-8(16)3-10(19-9)15-5-7(6-1-2-6)11(17)14-12(15)18/h5-6,8-10,16H,1-4,13H2,(H,14,17,18)/t8-,9+,10+/m0/s1. The van der Waals surface area contributed by atoms with Gasteiger partial charge in [0.1, 0.15) is 6.23 Å². The van der Waals surface area contributed by atoms with Crippen LogP contribution in [0, 0.1) is 0 Å². The number of aliphatic hydroxyl groups excluding tert-OH is 1. The normalized spacial score (nSPS) is 30.7. The third-order valence-corrected chi connectivity index (χ3v) is 3.76. The van der Waals surface area contributed by atoms with Crippen molar-refractivity contribution >= 4 is 0 Å². The van der Waals surface area contributed by atoms with E-state index in [-0.39, 0.29) is 18.0 Å². The molecule has 7 heteroatoms.